The lowest BCUT2D eigenvalue weighted by molar-refractivity contribution is 0.151. The van der Waals surface area contributed by atoms with Gasteiger partial charge in [-0.2, -0.15) is 5.10 Å². The molecule has 1 aliphatic carbocycles. The first-order valence-electron chi connectivity index (χ1n) is 7.75. The van der Waals surface area contributed by atoms with Gasteiger partial charge in [-0.05, 0) is 44.8 Å². The van der Waals surface area contributed by atoms with Crippen LogP contribution in [0.15, 0.2) is 12.3 Å². The largest absolute Gasteiger partial charge is 0.394 e. The highest BCUT2D eigenvalue weighted by Gasteiger charge is 2.28. The van der Waals surface area contributed by atoms with Gasteiger partial charge in [0, 0.05) is 23.9 Å². The third-order valence-electron chi connectivity index (χ3n) is 4.85. The number of nitrogens with zero attached hydrogens (tertiary/aromatic N) is 3. The van der Waals surface area contributed by atoms with Crippen molar-refractivity contribution in [2.75, 3.05) is 19.7 Å². The molecule has 0 bridgehead atoms. The molecule has 106 valence electrons. The summed E-state index contributed by atoms with van der Waals surface area (Å²) in [5.41, 5.74) is 1.32. The van der Waals surface area contributed by atoms with Gasteiger partial charge in [-0.25, -0.2) is 0 Å². The Hall–Kier alpha value is -0.870. The molecule has 2 heterocycles. The van der Waals surface area contributed by atoms with E-state index >= 15 is 0 Å². The minimum atomic E-state index is 0.176. The van der Waals surface area contributed by atoms with Crippen LogP contribution in [-0.2, 0) is 6.54 Å². The van der Waals surface area contributed by atoms with Gasteiger partial charge in [-0.1, -0.05) is 12.8 Å². The first-order chi connectivity index (χ1) is 9.38. The van der Waals surface area contributed by atoms with Crippen molar-refractivity contribution in [3.63, 3.8) is 0 Å². The molecule has 1 aromatic heterocycles. The van der Waals surface area contributed by atoms with Crippen molar-refractivity contribution in [1.82, 2.24) is 14.7 Å². The summed E-state index contributed by atoms with van der Waals surface area (Å²) in [6, 6.07) is 2.99. The number of aliphatic hydroxyl groups excluding tert-OH is 1. The molecule has 1 aromatic rings. The maximum absolute atomic E-state index is 9.08. The van der Waals surface area contributed by atoms with Crippen LogP contribution in [0.4, 0.5) is 0 Å². The molecule has 0 spiro atoms. The van der Waals surface area contributed by atoms with E-state index in [4.69, 9.17) is 5.11 Å². The second kappa shape index (κ2) is 6.06. The molecule has 0 aromatic carbocycles. The van der Waals surface area contributed by atoms with Gasteiger partial charge in [0.05, 0.1) is 13.2 Å². The predicted molar refractivity (Wildman–Crippen MR) is 75.1 cm³/mol. The third-order valence-corrected chi connectivity index (χ3v) is 4.85. The summed E-state index contributed by atoms with van der Waals surface area (Å²) in [5.74, 6) is 0.631. The molecule has 4 nitrogen and oxygen atoms in total. The third kappa shape index (κ3) is 2.84. The fourth-order valence-corrected chi connectivity index (χ4v) is 3.80. The van der Waals surface area contributed by atoms with Crippen molar-refractivity contribution in [3.05, 3.63) is 18.0 Å². The van der Waals surface area contributed by atoms with E-state index in [1.165, 1.54) is 57.3 Å². The average Bonchev–Trinajstić information content (AvgIpc) is 3.10. The van der Waals surface area contributed by atoms with Gasteiger partial charge in [0.1, 0.15) is 0 Å². The maximum Gasteiger partial charge on any atom is 0.0644 e. The highest BCUT2D eigenvalue weighted by atomic mass is 16.3. The molecule has 4 heteroatoms. The number of aromatic nitrogens is 2. The zero-order valence-electron chi connectivity index (χ0n) is 11.7. The Morgan fingerprint density at radius 2 is 1.89 bits per heavy atom. The van der Waals surface area contributed by atoms with E-state index in [1.54, 1.807) is 0 Å². The van der Waals surface area contributed by atoms with E-state index in [0.717, 1.165) is 6.04 Å². The van der Waals surface area contributed by atoms with Crippen LogP contribution in [0.25, 0.3) is 0 Å². The molecule has 2 aliphatic rings. The van der Waals surface area contributed by atoms with E-state index in [0.29, 0.717) is 12.5 Å². The number of rotatable bonds is 4. The molecule has 1 N–H and O–H groups in total. The van der Waals surface area contributed by atoms with Crippen LogP contribution in [0.2, 0.25) is 0 Å². The minimum Gasteiger partial charge on any atom is -0.394 e. The van der Waals surface area contributed by atoms with Crippen molar-refractivity contribution in [3.8, 4) is 0 Å². The second-order valence-electron chi connectivity index (χ2n) is 5.95. The Kier molecular flexibility index (Phi) is 4.18. The van der Waals surface area contributed by atoms with Crippen LogP contribution in [0, 0.1) is 0 Å². The summed E-state index contributed by atoms with van der Waals surface area (Å²) < 4.78 is 1.98. The van der Waals surface area contributed by atoms with Gasteiger partial charge in [-0.15, -0.1) is 0 Å². The second-order valence-corrected chi connectivity index (χ2v) is 5.95. The lowest BCUT2D eigenvalue weighted by Crippen LogP contribution is -2.39. The molecule has 2 fully saturated rings. The molecular weight excluding hydrogens is 238 g/mol. The van der Waals surface area contributed by atoms with Crippen LogP contribution in [0.1, 0.15) is 50.1 Å². The molecule has 1 saturated carbocycles. The molecule has 0 amide bonds. The lowest BCUT2D eigenvalue weighted by Gasteiger charge is -2.36. The van der Waals surface area contributed by atoms with Crippen LogP contribution >= 0.6 is 0 Å². The smallest absolute Gasteiger partial charge is 0.0644 e. The molecule has 1 saturated heterocycles. The van der Waals surface area contributed by atoms with Crippen molar-refractivity contribution >= 4 is 0 Å². The van der Waals surface area contributed by atoms with Crippen molar-refractivity contribution in [2.24, 2.45) is 0 Å². The predicted octanol–water partition coefficient (Wildman–Crippen LogP) is 2.00. The minimum absolute atomic E-state index is 0.176. The van der Waals surface area contributed by atoms with Gasteiger partial charge in [0.25, 0.3) is 0 Å². The number of hydrogen-bond acceptors (Lipinski definition) is 3. The molecule has 19 heavy (non-hydrogen) atoms. The Balaban J connectivity index is 1.58. The standard InChI is InChI=1S/C15H25N3O/c19-12-11-18-15(5-8-16-18)13-6-9-17(10-7-13)14-3-1-2-4-14/h5,8,13-14,19H,1-4,6-7,9-12H2. The highest BCUT2D eigenvalue weighted by molar-refractivity contribution is 5.09. The molecule has 0 unspecified atom stereocenters. The Morgan fingerprint density at radius 3 is 2.58 bits per heavy atom. The van der Waals surface area contributed by atoms with Crippen LogP contribution in [0.3, 0.4) is 0 Å². The number of aliphatic hydroxyl groups is 1. The van der Waals surface area contributed by atoms with Gasteiger partial charge in [-0.3, -0.25) is 4.68 Å². The van der Waals surface area contributed by atoms with Crippen molar-refractivity contribution in [2.45, 2.75) is 57.0 Å². The summed E-state index contributed by atoms with van der Waals surface area (Å²) in [6.45, 7) is 3.28. The normalized spacial score (nSPS) is 23.2. The van der Waals surface area contributed by atoms with Gasteiger partial charge < -0.3 is 10.0 Å². The van der Waals surface area contributed by atoms with Gasteiger partial charge in [0.2, 0.25) is 0 Å². The lowest BCUT2D eigenvalue weighted by atomic mass is 9.92. The number of hydrogen-bond donors (Lipinski definition) is 1. The topological polar surface area (TPSA) is 41.3 Å². The zero-order chi connectivity index (χ0) is 13.1. The molecule has 0 atom stereocenters. The average molecular weight is 263 g/mol. The summed E-state index contributed by atoms with van der Waals surface area (Å²) in [5, 5.41) is 13.4. The Labute approximate surface area is 115 Å². The van der Waals surface area contributed by atoms with Gasteiger partial charge >= 0.3 is 0 Å². The van der Waals surface area contributed by atoms with E-state index in [-0.39, 0.29) is 6.61 Å². The van der Waals surface area contributed by atoms with E-state index in [1.807, 2.05) is 10.9 Å². The van der Waals surface area contributed by atoms with Crippen LogP contribution in [-0.4, -0.2) is 45.5 Å². The fraction of sp³-hybridized carbons (Fsp3) is 0.800. The Morgan fingerprint density at radius 1 is 1.16 bits per heavy atom. The van der Waals surface area contributed by atoms with Crippen molar-refractivity contribution in [1.29, 1.82) is 0 Å². The molecular formula is C15H25N3O. The summed E-state index contributed by atoms with van der Waals surface area (Å²) in [4.78, 5) is 2.70. The van der Waals surface area contributed by atoms with E-state index in [9.17, 15) is 0 Å². The summed E-state index contributed by atoms with van der Waals surface area (Å²) >= 11 is 0. The number of piperidine rings is 1. The quantitative estimate of drug-likeness (QED) is 0.903. The first-order valence-corrected chi connectivity index (χ1v) is 7.75. The van der Waals surface area contributed by atoms with E-state index < -0.39 is 0 Å². The van der Waals surface area contributed by atoms with Gasteiger partial charge in [0.15, 0.2) is 0 Å². The first kappa shape index (κ1) is 13.1. The monoisotopic (exact) mass is 263 g/mol. The van der Waals surface area contributed by atoms with Crippen molar-refractivity contribution < 1.29 is 5.11 Å². The summed E-state index contributed by atoms with van der Waals surface area (Å²) in [6.07, 6.45) is 10.0. The Bertz CT molecular complexity index is 390. The molecule has 1 aliphatic heterocycles. The van der Waals surface area contributed by atoms with Crippen LogP contribution in [0.5, 0.6) is 0 Å². The molecule has 0 radical (unpaired) electrons. The molecule has 3 rings (SSSR count). The van der Waals surface area contributed by atoms with Crippen LogP contribution < -0.4 is 0 Å². The zero-order valence-corrected chi connectivity index (χ0v) is 11.7. The highest BCUT2D eigenvalue weighted by Crippen LogP contribution is 2.32. The fourth-order valence-electron chi connectivity index (χ4n) is 3.80. The van der Waals surface area contributed by atoms with E-state index in [2.05, 4.69) is 16.1 Å². The number of likely N-dealkylation sites (tertiary alicyclic amines) is 1. The SMILES string of the molecule is OCCn1nccc1C1CCN(C2CCCC2)CC1. The summed E-state index contributed by atoms with van der Waals surface area (Å²) in [7, 11) is 0. The maximum atomic E-state index is 9.08.